The van der Waals surface area contributed by atoms with Crippen LogP contribution >= 0.6 is 12.2 Å². The van der Waals surface area contributed by atoms with Crippen molar-refractivity contribution in [2.75, 3.05) is 21.3 Å². The fraction of sp³-hybridized carbons (Fsp3) is 0.467. The minimum atomic E-state index is 0.709. The molecule has 1 aromatic heterocycles. The number of methoxy groups -OCH3 is 2. The zero-order valence-electron chi connectivity index (χ0n) is 13.5. The second kappa shape index (κ2) is 7.42. The summed E-state index contributed by atoms with van der Waals surface area (Å²) in [4.78, 5) is 1.26. The SMILES string of the molecule is CCn1cnn(C[NH+](C)Cc2ccc(OC)cc2OC)c1=S. The van der Waals surface area contributed by atoms with Gasteiger partial charge in [0.1, 0.15) is 24.4 Å². The van der Waals surface area contributed by atoms with Gasteiger partial charge < -0.3 is 18.9 Å². The molecule has 7 heteroatoms. The molecule has 22 heavy (non-hydrogen) atoms. The van der Waals surface area contributed by atoms with Gasteiger partial charge in [-0.1, -0.05) is 0 Å². The lowest BCUT2D eigenvalue weighted by Crippen LogP contribution is -3.07. The maximum absolute atomic E-state index is 5.44. The van der Waals surface area contributed by atoms with Crippen LogP contribution in [0.25, 0.3) is 0 Å². The third kappa shape index (κ3) is 3.66. The van der Waals surface area contributed by atoms with E-state index in [1.165, 1.54) is 4.90 Å². The van der Waals surface area contributed by atoms with Gasteiger partial charge in [0.2, 0.25) is 4.77 Å². The molecule has 1 heterocycles. The van der Waals surface area contributed by atoms with Gasteiger partial charge in [0.25, 0.3) is 0 Å². The molecule has 1 unspecified atom stereocenters. The van der Waals surface area contributed by atoms with E-state index in [9.17, 15) is 0 Å². The van der Waals surface area contributed by atoms with E-state index in [0.29, 0.717) is 6.67 Å². The molecule has 1 N–H and O–H groups in total. The summed E-state index contributed by atoms with van der Waals surface area (Å²) in [6, 6.07) is 5.88. The highest BCUT2D eigenvalue weighted by molar-refractivity contribution is 7.71. The predicted octanol–water partition coefficient (Wildman–Crippen LogP) is 1.12. The van der Waals surface area contributed by atoms with Crippen molar-refractivity contribution in [1.82, 2.24) is 14.3 Å². The Morgan fingerprint density at radius 2 is 2.05 bits per heavy atom. The monoisotopic (exact) mass is 323 g/mol. The molecule has 0 spiro atoms. The number of rotatable bonds is 7. The molecule has 1 atom stereocenters. The Morgan fingerprint density at radius 3 is 2.64 bits per heavy atom. The quantitative estimate of drug-likeness (QED) is 0.776. The van der Waals surface area contributed by atoms with E-state index < -0.39 is 0 Å². The van der Waals surface area contributed by atoms with Crippen LogP contribution < -0.4 is 14.4 Å². The number of aryl methyl sites for hydroxylation is 1. The third-order valence-electron chi connectivity index (χ3n) is 3.54. The van der Waals surface area contributed by atoms with E-state index in [-0.39, 0.29) is 0 Å². The lowest BCUT2D eigenvalue weighted by atomic mass is 10.2. The van der Waals surface area contributed by atoms with E-state index in [0.717, 1.165) is 34.9 Å². The standard InChI is InChI=1S/C15H22N4O2S/c1-5-18-10-16-19(15(18)22)11-17(2)9-12-6-7-13(20-3)8-14(12)21-4/h6-8,10H,5,9,11H2,1-4H3/p+1. The van der Waals surface area contributed by atoms with Crippen molar-refractivity contribution >= 4 is 12.2 Å². The van der Waals surface area contributed by atoms with Gasteiger partial charge >= 0.3 is 0 Å². The molecule has 0 bridgehead atoms. The largest absolute Gasteiger partial charge is 0.497 e. The molecular formula is C15H23N4O2S+. The molecule has 0 saturated heterocycles. The number of nitrogens with zero attached hydrogens (tertiary/aromatic N) is 3. The van der Waals surface area contributed by atoms with Gasteiger partial charge in [-0.3, -0.25) is 0 Å². The summed E-state index contributed by atoms with van der Waals surface area (Å²) >= 11 is 5.40. The molecule has 0 fully saturated rings. The number of ether oxygens (including phenoxy) is 2. The summed E-state index contributed by atoms with van der Waals surface area (Å²) in [5.74, 6) is 1.63. The fourth-order valence-corrected chi connectivity index (χ4v) is 2.62. The van der Waals surface area contributed by atoms with Gasteiger partial charge in [0.05, 0.1) is 21.3 Å². The zero-order chi connectivity index (χ0) is 16.1. The van der Waals surface area contributed by atoms with Crippen LogP contribution in [-0.2, 0) is 19.8 Å². The van der Waals surface area contributed by atoms with E-state index in [1.54, 1.807) is 20.5 Å². The number of aromatic nitrogens is 3. The first-order valence-electron chi connectivity index (χ1n) is 7.23. The van der Waals surface area contributed by atoms with Crippen molar-refractivity contribution in [3.63, 3.8) is 0 Å². The Labute approximate surface area is 135 Å². The molecule has 120 valence electrons. The second-order valence-corrected chi connectivity index (χ2v) is 5.53. The number of quaternary nitrogens is 1. The first kappa shape index (κ1) is 16.5. The van der Waals surface area contributed by atoms with Crippen LogP contribution in [0.4, 0.5) is 0 Å². The summed E-state index contributed by atoms with van der Waals surface area (Å²) in [7, 11) is 5.43. The predicted molar refractivity (Wildman–Crippen MR) is 86.9 cm³/mol. The molecular weight excluding hydrogens is 300 g/mol. The van der Waals surface area contributed by atoms with Crippen LogP contribution in [0.3, 0.4) is 0 Å². The summed E-state index contributed by atoms with van der Waals surface area (Å²) in [6.45, 7) is 4.42. The van der Waals surface area contributed by atoms with E-state index in [2.05, 4.69) is 19.1 Å². The van der Waals surface area contributed by atoms with Gasteiger partial charge in [-0.15, -0.1) is 0 Å². The number of hydrogen-bond donors (Lipinski definition) is 1. The van der Waals surface area contributed by atoms with Crippen LogP contribution in [0.5, 0.6) is 11.5 Å². The lowest BCUT2D eigenvalue weighted by Gasteiger charge is -2.16. The molecule has 0 radical (unpaired) electrons. The molecule has 0 amide bonds. The Balaban J connectivity index is 2.10. The summed E-state index contributed by atoms with van der Waals surface area (Å²) in [5, 5.41) is 4.34. The van der Waals surface area contributed by atoms with Gasteiger partial charge in [0.15, 0.2) is 6.67 Å². The van der Waals surface area contributed by atoms with Crippen molar-refractivity contribution in [2.45, 2.75) is 26.7 Å². The molecule has 2 aromatic rings. The van der Waals surface area contributed by atoms with E-state index in [1.807, 2.05) is 27.4 Å². The van der Waals surface area contributed by atoms with Crippen LogP contribution in [0.2, 0.25) is 0 Å². The second-order valence-electron chi connectivity index (χ2n) is 5.17. The molecule has 6 nitrogen and oxygen atoms in total. The average Bonchev–Trinajstić information content (AvgIpc) is 2.87. The van der Waals surface area contributed by atoms with Gasteiger partial charge in [-0.25, -0.2) is 0 Å². The molecule has 2 rings (SSSR count). The molecule has 0 saturated carbocycles. The van der Waals surface area contributed by atoms with Gasteiger partial charge in [-0.05, 0) is 31.3 Å². The van der Waals surface area contributed by atoms with Crippen molar-refractivity contribution in [3.8, 4) is 11.5 Å². The van der Waals surface area contributed by atoms with Crippen molar-refractivity contribution < 1.29 is 14.4 Å². The first-order chi connectivity index (χ1) is 10.6. The van der Waals surface area contributed by atoms with Crippen molar-refractivity contribution in [2.24, 2.45) is 0 Å². The Bertz CT molecular complexity index is 680. The van der Waals surface area contributed by atoms with Gasteiger partial charge in [0, 0.05) is 18.2 Å². The van der Waals surface area contributed by atoms with Crippen LogP contribution in [0.1, 0.15) is 12.5 Å². The van der Waals surface area contributed by atoms with Crippen LogP contribution in [-0.4, -0.2) is 35.6 Å². The molecule has 0 aliphatic heterocycles. The smallest absolute Gasteiger partial charge is 0.202 e. The Hall–Kier alpha value is -1.86. The summed E-state index contributed by atoms with van der Waals surface area (Å²) in [5.41, 5.74) is 1.13. The number of nitrogens with one attached hydrogen (secondary N) is 1. The highest BCUT2D eigenvalue weighted by Crippen LogP contribution is 2.23. The normalized spacial score (nSPS) is 12.2. The average molecular weight is 323 g/mol. The Morgan fingerprint density at radius 1 is 1.27 bits per heavy atom. The topological polar surface area (TPSA) is 45.7 Å². The Kier molecular flexibility index (Phi) is 5.57. The fourth-order valence-electron chi connectivity index (χ4n) is 2.33. The maximum atomic E-state index is 5.44. The summed E-state index contributed by atoms with van der Waals surface area (Å²) < 4.78 is 15.2. The first-order valence-corrected chi connectivity index (χ1v) is 7.64. The molecule has 1 aromatic carbocycles. The highest BCUT2D eigenvalue weighted by atomic mass is 32.1. The number of benzene rings is 1. The third-order valence-corrected chi connectivity index (χ3v) is 3.99. The van der Waals surface area contributed by atoms with Gasteiger partial charge in [-0.2, -0.15) is 9.78 Å². The van der Waals surface area contributed by atoms with Crippen LogP contribution in [0.15, 0.2) is 24.5 Å². The van der Waals surface area contributed by atoms with E-state index in [4.69, 9.17) is 21.7 Å². The number of hydrogen-bond acceptors (Lipinski definition) is 4. The minimum absolute atomic E-state index is 0.709. The summed E-state index contributed by atoms with van der Waals surface area (Å²) in [6.07, 6.45) is 1.78. The van der Waals surface area contributed by atoms with Crippen molar-refractivity contribution in [3.05, 3.63) is 34.9 Å². The van der Waals surface area contributed by atoms with Crippen molar-refractivity contribution in [1.29, 1.82) is 0 Å². The van der Waals surface area contributed by atoms with Crippen LogP contribution in [0, 0.1) is 4.77 Å². The molecule has 0 aliphatic carbocycles. The minimum Gasteiger partial charge on any atom is -0.497 e. The zero-order valence-corrected chi connectivity index (χ0v) is 14.3. The highest BCUT2D eigenvalue weighted by Gasteiger charge is 2.12. The molecule has 0 aliphatic rings. The van der Waals surface area contributed by atoms with E-state index >= 15 is 0 Å². The maximum Gasteiger partial charge on any atom is 0.202 e. The lowest BCUT2D eigenvalue weighted by molar-refractivity contribution is -0.917.